The first kappa shape index (κ1) is 26.0. The Morgan fingerprint density at radius 1 is 0.593 bits per heavy atom. The van der Waals surface area contributed by atoms with Crippen LogP contribution in [0.2, 0.25) is 0 Å². The summed E-state index contributed by atoms with van der Waals surface area (Å²) >= 11 is 0. The van der Waals surface area contributed by atoms with Gasteiger partial charge in [-0.15, -0.1) is 0 Å². The smallest absolute Gasteiger partial charge is 0.379 e. The average Bonchev–Trinajstić information content (AvgIpc) is 2.40. The lowest BCUT2D eigenvalue weighted by Crippen LogP contribution is -2.64. The van der Waals surface area contributed by atoms with Crippen molar-refractivity contribution in [3.63, 3.8) is 0 Å². The van der Waals surface area contributed by atoms with Gasteiger partial charge >= 0.3 is 24.7 Å². The van der Waals surface area contributed by atoms with Gasteiger partial charge in [0.15, 0.2) is 11.2 Å². The first-order chi connectivity index (χ1) is 11.5. The van der Waals surface area contributed by atoms with E-state index >= 15 is 0 Å². The molecule has 4 atom stereocenters. The molecule has 3 nitrogen and oxygen atoms in total. The molecule has 0 spiro atoms. The second-order valence-electron chi connectivity index (χ2n) is 5.97. The van der Waals surface area contributed by atoms with Crippen LogP contribution in [0.15, 0.2) is 0 Å². The molecule has 0 radical (unpaired) electrons. The van der Waals surface area contributed by atoms with Crippen molar-refractivity contribution < 1.29 is 62.9 Å². The fraction of sp³-hybridized carbons (Fsp3) is 1.00. The normalized spacial score (nSPS) is 21.3. The van der Waals surface area contributed by atoms with Gasteiger partial charge in [0.25, 0.3) is 0 Å². The maximum atomic E-state index is 12.8. The summed E-state index contributed by atoms with van der Waals surface area (Å²) in [4.78, 5) is 0. The predicted molar refractivity (Wildman–Crippen MR) is 65.3 cm³/mol. The molecule has 4 unspecified atom stereocenters. The molecule has 0 aromatic carbocycles. The fourth-order valence-electron chi connectivity index (χ4n) is 1.98. The summed E-state index contributed by atoms with van der Waals surface area (Å²) in [7, 11) is 0. The third-order valence-electron chi connectivity index (χ3n) is 4.19. The van der Waals surface area contributed by atoms with E-state index in [4.69, 9.17) is 0 Å². The van der Waals surface area contributed by atoms with Crippen LogP contribution in [0.5, 0.6) is 0 Å². The molecule has 0 aromatic heterocycles. The molecule has 3 N–H and O–H groups in total. The van der Waals surface area contributed by atoms with Crippen molar-refractivity contribution in [3.05, 3.63) is 0 Å². The van der Waals surface area contributed by atoms with Crippen molar-refractivity contribution in [2.24, 2.45) is 11.8 Å². The molecule has 0 aromatic rings. The second-order valence-corrected chi connectivity index (χ2v) is 5.97. The lowest BCUT2D eigenvalue weighted by atomic mass is 9.85. The summed E-state index contributed by atoms with van der Waals surface area (Å²) in [6.45, 7) is -4.72. The zero-order chi connectivity index (χ0) is 22.3. The minimum atomic E-state index is -6.00. The summed E-state index contributed by atoms with van der Waals surface area (Å²) < 4.78 is 152. The Balaban J connectivity index is 5.68. The molecular weight excluding hydrogens is 418 g/mol. The first-order valence-electron chi connectivity index (χ1n) is 6.94. The molecule has 0 aliphatic rings. The quantitative estimate of drug-likeness (QED) is 0.562. The Kier molecular flexibility index (Phi) is 7.20. The molecule has 0 rings (SSSR count). The SMILES string of the molecule is CC(C(F)(F)F)C(O)(CNCC(O)(C(C)C(F)(F)F)C(F)(F)F)C(F)(F)F. The number of hydrogen-bond donors (Lipinski definition) is 3. The molecule has 0 fully saturated rings. The first-order valence-corrected chi connectivity index (χ1v) is 6.94. The highest BCUT2D eigenvalue weighted by Gasteiger charge is 2.66. The topological polar surface area (TPSA) is 52.5 Å². The van der Waals surface area contributed by atoms with Crippen LogP contribution < -0.4 is 5.32 Å². The number of hydrogen-bond acceptors (Lipinski definition) is 3. The van der Waals surface area contributed by atoms with Gasteiger partial charge in [-0.3, -0.25) is 0 Å². The van der Waals surface area contributed by atoms with Crippen LogP contribution in [0.1, 0.15) is 13.8 Å². The predicted octanol–water partition coefficient (Wildman–Crippen LogP) is 3.56. The average molecular weight is 433 g/mol. The number of alkyl halides is 12. The standard InChI is InChI=1S/C12H15F12NO2/c1-5(9(13,14)15)7(26,11(19,20)21)3-25-4-8(27,12(22,23)24)6(2)10(16,17)18/h5-6,25-27H,3-4H2,1-2H3. The molecular formula is C12H15F12NO2. The minimum absolute atomic E-state index is 0.108. The molecule has 0 saturated heterocycles. The fourth-order valence-corrected chi connectivity index (χ4v) is 1.98. The van der Waals surface area contributed by atoms with Crippen molar-refractivity contribution in [1.82, 2.24) is 5.32 Å². The van der Waals surface area contributed by atoms with Crippen molar-refractivity contribution in [1.29, 1.82) is 0 Å². The Hall–Kier alpha value is -0.960. The monoisotopic (exact) mass is 433 g/mol. The number of aliphatic hydroxyl groups is 2. The zero-order valence-electron chi connectivity index (χ0n) is 13.5. The van der Waals surface area contributed by atoms with E-state index in [1.165, 1.54) is 0 Å². The Bertz CT molecular complexity index is 453. The molecule has 0 saturated carbocycles. The van der Waals surface area contributed by atoms with Gasteiger partial charge in [0, 0.05) is 13.1 Å². The van der Waals surface area contributed by atoms with Gasteiger partial charge in [0.05, 0.1) is 11.8 Å². The van der Waals surface area contributed by atoms with E-state index in [0.717, 1.165) is 5.32 Å². The van der Waals surface area contributed by atoms with E-state index in [-0.39, 0.29) is 13.8 Å². The third kappa shape index (κ3) is 5.53. The lowest BCUT2D eigenvalue weighted by molar-refractivity contribution is -0.328. The van der Waals surface area contributed by atoms with Gasteiger partial charge in [-0.1, -0.05) is 13.8 Å². The molecule has 0 aliphatic carbocycles. The summed E-state index contributed by atoms with van der Waals surface area (Å²) in [5.41, 5.74) is -9.31. The van der Waals surface area contributed by atoms with Gasteiger partial charge in [-0.2, -0.15) is 52.7 Å². The van der Waals surface area contributed by atoms with Crippen molar-refractivity contribution in [2.45, 2.75) is 49.8 Å². The highest BCUT2D eigenvalue weighted by atomic mass is 19.4. The third-order valence-corrected chi connectivity index (χ3v) is 4.19. The van der Waals surface area contributed by atoms with E-state index in [2.05, 4.69) is 0 Å². The van der Waals surface area contributed by atoms with Crippen LogP contribution in [0.4, 0.5) is 52.7 Å². The van der Waals surface area contributed by atoms with Gasteiger partial charge < -0.3 is 15.5 Å². The maximum Gasteiger partial charge on any atom is 0.419 e. The van der Waals surface area contributed by atoms with Crippen LogP contribution in [0.3, 0.4) is 0 Å². The summed E-state index contributed by atoms with van der Waals surface area (Å²) in [5, 5.41) is 19.8. The van der Waals surface area contributed by atoms with E-state index in [1.807, 2.05) is 0 Å². The Labute approximate surface area is 144 Å². The van der Waals surface area contributed by atoms with E-state index in [0.29, 0.717) is 0 Å². The van der Waals surface area contributed by atoms with Crippen molar-refractivity contribution >= 4 is 0 Å². The van der Waals surface area contributed by atoms with Crippen LogP contribution in [-0.4, -0.2) is 59.2 Å². The molecule has 27 heavy (non-hydrogen) atoms. The highest BCUT2D eigenvalue weighted by Crippen LogP contribution is 2.45. The Morgan fingerprint density at radius 3 is 0.963 bits per heavy atom. The number of rotatable bonds is 6. The Morgan fingerprint density at radius 2 is 0.815 bits per heavy atom. The van der Waals surface area contributed by atoms with E-state index in [1.54, 1.807) is 0 Å². The molecule has 0 bridgehead atoms. The van der Waals surface area contributed by atoms with E-state index in [9.17, 15) is 62.9 Å². The van der Waals surface area contributed by atoms with Gasteiger partial charge in [-0.05, 0) is 0 Å². The minimum Gasteiger partial charge on any atom is -0.379 e. The number of nitrogens with one attached hydrogen (secondary N) is 1. The molecule has 0 amide bonds. The summed E-state index contributed by atoms with van der Waals surface area (Å²) in [6.07, 6.45) is -23.3. The van der Waals surface area contributed by atoms with Crippen LogP contribution in [0.25, 0.3) is 0 Å². The molecule has 15 heteroatoms. The van der Waals surface area contributed by atoms with Gasteiger partial charge in [0.2, 0.25) is 0 Å². The van der Waals surface area contributed by atoms with Crippen LogP contribution in [0, 0.1) is 11.8 Å². The maximum absolute atomic E-state index is 12.8. The number of halogens is 12. The van der Waals surface area contributed by atoms with Crippen LogP contribution in [-0.2, 0) is 0 Å². The van der Waals surface area contributed by atoms with Crippen molar-refractivity contribution in [2.75, 3.05) is 13.1 Å². The van der Waals surface area contributed by atoms with Crippen molar-refractivity contribution in [3.8, 4) is 0 Å². The summed E-state index contributed by atoms with van der Waals surface area (Å²) in [6, 6.07) is 0. The lowest BCUT2D eigenvalue weighted by Gasteiger charge is -2.40. The zero-order valence-corrected chi connectivity index (χ0v) is 13.5. The molecule has 164 valence electrons. The van der Waals surface area contributed by atoms with Crippen LogP contribution >= 0.6 is 0 Å². The summed E-state index contributed by atoms with van der Waals surface area (Å²) in [5.74, 6) is -7.06. The highest BCUT2D eigenvalue weighted by molar-refractivity contribution is 5.00. The van der Waals surface area contributed by atoms with Gasteiger partial charge in [0.1, 0.15) is 0 Å². The van der Waals surface area contributed by atoms with E-state index < -0.39 is 60.8 Å². The molecule has 0 aliphatic heterocycles. The largest absolute Gasteiger partial charge is 0.419 e. The molecule has 0 heterocycles. The second kappa shape index (κ2) is 7.46. The van der Waals surface area contributed by atoms with Gasteiger partial charge in [-0.25, -0.2) is 0 Å².